The van der Waals surface area contributed by atoms with Crippen LogP contribution in [0, 0.1) is 12.8 Å². The number of para-hydroxylation sites is 1. The molecule has 2 amide bonds. The van der Waals surface area contributed by atoms with Crippen LogP contribution in [-0.2, 0) is 4.74 Å². The largest absolute Gasteiger partial charge is 0.493 e. The third-order valence-corrected chi connectivity index (χ3v) is 4.64. The van der Waals surface area contributed by atoms with Crippen LogP contribution in [0.5, 0.6) is 5.75 Å². The molecular formula is C18H26N2O3. The van der Waals surface area contributed by atoms with Gasteiger partial charge >= 0.3 is 6.03 Å². The molecule has 0 aromatic heterocycles. The summed E-state index contributed by atoms with van der Waals surface area (Å²) in [7, 11) is 0. The summed E-state index contributed by atoms with van der Waals surface area (Å²) < 4.78 is 11.3. The van der Waals surface area contributed by atoms with Crippen LogP contribution in [0.4, 0.5) is 4.79 Å². The van der Waals surface area contributed by atoms with Crippen molar-refractivity contribution in [2.75, 3.05) is 46.0 Å². The molecule has 23 heavy (non-hydrogen) atoms. The van der Waals surface area contributed by atoms with Gasteiger partial charge in [0.1, 0.15) is 5.75 Å². The highest BCUT2D eigenvalue weighted by Crippen LogP contribution is 2.22. The van der Waals surface area contributed by atoms with Gasteiger partial charge < -0.3 is 19.3 Å². The van der Waals surface area contributed by atoms with Crippen molar-refractivity contribution >= 4 is 6.03 Å². The van der Waals surface area contributed by atoms with Crippen LogP contribution in [0.1, 0.15) is 18.4 Å². The maximum Gasteiger partial charge on any atom is 0.320 e. The monoisotopic (exact) mass is 318 g/mol. The zero-order chi connectivity index (χ0) is 16.1. The average molecular weight is 318 g/mol. The quantitative estimate of drug-likeness (QED) is 0.860. The molecule has 126 valence electrons. The van der Waals surface area contributed by atoms with E-state index in [4.69, 9.17) is 9.47 Å². The summed E-state index contributed by atoms with van der Waals surface area (Å²) in [6.45, 7) is 7.11. The predicted molar refractivity (Wildman–Crippen MR) is 88.8 cm³/mol. The highest BCUT2D eigenvalue weighted by Gasteiger charge is 2.28. The number of rotatable bonds is 3. The fourth-order valence-electron chi connectivity index (χ4n) is 3.26. The van der Waals surface area contributed by atoms with Gasteiger partial charge in [0.15, 0.2) is 0 Å². The van der Waals surface area contributed by atoms with Crippen LogP contribution < -0.4 is 4.74 Å². The lowest BCUT2D eigenvalue weighted by Gasteiger charge is -2.37. The maximum absolute atomic E-state index is 12.6. The molecule has 0 radical (unpaired) electrons. The number of hydrogen-bond donors (Lipinski definition) is 0. The number of carbonyl (C=O) groups excluding carboxylic acids is 1. The first kappa shape index (κ1) is 16.1. The van der Waals surface area contributed by atoms with E-state index in [-0.39, 0.29) is 6.03 Å². The number of piperidine rings is 1. The molecule has 3 rings (SSSR count). The Kier molecular flexibility index (Phi) is 5.39. The van der Waals surface area contributed by atoms with E-state index >= 15 is 0 Å². The van der Waals surface area contributed by atoms with Gasteiger partial charge in [0.25, 0.3) is 0 Å². The smallest absolute Gasteiger partial charge is 0.320 e. The number of likely N-dealkylation sites (tertiary alicyclic amines) is 1. The number of hydrogen-bond acceptors (Lipinski definition) is 3. The minimum absolute atomic E-state index is 0.161. The summed E-state index contributed by atoms with van der Waals surface area (Å²) in [6, 6.07) is 8.25. The van der Waals surface area contributed by atoms with Crippen LogP contribution in [-0.4, -0.2) is 61.8 Å². The third-order valence-electron chi connectivity index (χ3n) is 4.64. The Bertz CT molecular complexity index is 529. The first-order valence-corrected chi connectivity index (χ1v) is 8.54. The molecule has 2 aliphatic heterocycles. The lowest BCUT2D eigenvalue weighted by molar-refractivity contribution is 0.0374. The van der Waals surface area contributed by atoms with Gasteiger partial charge in [-0.2, -0.15) is 0 Å². The molecular weight excluding hydrogens is 292 g/mol. The Labute approximate surface area is 138 Å². The topological polar surface area (TPSA) is 42.0 Å². The summed E-state index contributed by atoms with van der Waals surface area (Å²) in [6.07, 6.45) is 2.18. The summed E-state index contributed by atoms with van der Waals surface area (Å²) in [5, 5.41) is 0. The summed E-state index contributed by atoms with van der Waals surface area (Å²) in [5.74, 6) is 1.36. The first-order chi connectivity index (χ1) is 11.2. The number of morpholine rings is 1. The van der Waals surface area contributed by atoms with Crippen molar-refractivity contribution < 1.29 is 14.3 Å². The highest BCUT2D eigenvalue weighted by molar-refractivity contribution is 5.74. The molecule has 0 N–H and O–H groups in total. The van der Waals surface area contributed by atoms with E-state index in [9.17, 15) is 4.79 Å². The molecule has 0 bridgehead atoms. The normalized spacial score (nSPS) is 22.0. The number of nitrogens with zero attached hydrogens (tertiary/aromatic N) is 2. The van der Waals surface area contributed by atoms with Crippen molar-refractivity contribution in [2.24, 2.45) is 5.92 Å². The summed E-state index contributed by atoms with van der Waals surface area (Å²) >= 11 is 0. The first-order valence-electron chi connectivity index (χ1n) is 8.54. The van der Waals surface area contributed by atoms with E-state index in [1.807, 2.05) is 28.0 Å². The molecule has 1 aromatic carbocycles. The molecule has 2 aliphatic rings. The molecule has 1 aromatic rings. The minimum atomic E-state index is 0.161. The lowest BCUT2D eigenvalue weighted by atomic mass is 9.99. The number of urea groups is 1. The Morgan fingerprint density at radius 2 is 2.00 bits per heavy atom. The Hall–Kier alpha value is -1.75. The fraction of sp³-hybridized carbons (Fsp3) is 0.611. The number of amides is 2. The van der Waals surface area contributed by atoms with Crippen LogP contribution in [0.15, 0.2) is 24.3 Å². The van der Waals surface area contributed by atoms with Crippen LogP contribution in [0.25, 0.3) is 0 Å². The van der Waals surface area contributed by atoms with Crippen molar-refractivity contribution in [3.8, 4) is 5.75 Å². The van der Waals surface area contributed by atoms with Gasteiger partial charge in [0.05, 0.1) is 19.8 Å². The minimum Gasteiger partial charge on any atom is -0.493 e. The van der Waals surface area contributed by atoms with Gasteiger partial charge in [-0.25, -0.2) is 4.79 Å². The second-order valence-electron chi connectivity index (χ2n) is 6.41. The Morgan fingerprint density at radius 3 is 2.78 bits per heavy atom. The van der Waals surface area contributed by atoms with Crippen LogP contribution in [0.2, 0.25) is 0 Å². The zero-order valence-electron chi connectivity index (χ0n) is 13.9. The number of ether oxygens (including phenoxy) is 2. The van der Waals surface area contributed by atoms with Gasteiger partial charge in [0.2, 0.25) is 0 Å². The van der Waals surface area contributed by atoms with Gasteiger partial charge in [-0.1, -0.05) is 18.2 Å². The second kappa shape index (κ2) is 7.68. The molecule has 5 nitrogen and oxygen atoms in total. The van der Waals surface area contributed by atoms with Crippen molar-refractivity contribution in [1.82, 2.24) is 9.80 Å². The van der Waals surface area contributed by atoms with Gasteiger partial charge in [-0.3, -0.25) is 0 Å². The second-order valence-corrected chi connectivity index (χ2v) is 6.41. The molecule has 0 saturated carbocycles. The Balaban J connectivity index is 1.51. The predicted octanol–water partition coefficient (Wildman–Crippen LogP) is 2.54. The van der Waals surface area contributed by atoms with E-state index in [1.165, 1.54) is 0 Å². The van der Waals surface area contributed by atoms with E-state index in [2.05, 4.69) is 13.0 Å². The molecule has 2 heterocycles. The molecule has 0 aliphatic carbocycles. The lowest BCUT2D eigenvalue weighted by Crippen LogP contribution is -2.51. The number of aryl methyl sites for hydroxylation is 1. The maximum atomic E-state index is 12.6. The van der Waals surface area contributed by atoms with Crippen molar-refractivity contribution in [2.45, 2.75) is 19.8 Å². The molecule has 0 spiro atoms. The van der Waals surface area contributed by atoms with Gasteiger partial charge in [-0.15, -0.1) is 0 Å². The summed E-state index contributed by atoms with van der Waals surface area (Å²) in [4.78, 5) is 16.5. The third kappa shape index (κ3) is 4.16. The van der Waals surface area contributed by atoms with Gasteiger partial charge in [0, 0.05) is 32.1 Å². The molecule has 5 heteroatoms. The zero-order valence-corrected chi connectivity index (χ0v) is 13.9. The standard InChI is InChI=1S/C18H26N2O3/c1-15-5-2-3-7-17(15)23-14-16-6-4-8-20(13-16)18(21)19-9-11-22-12-10-19/h2-3,5,7,16H,4,6,8-14H2,1H3. The van der Waals surface area contributed by atoms with E-state index in [1.54, 1.807) is 0 Å². The number of carbonyl (C=O) groups is 1. The summed E-state index contributed by atoms with van der Waals surface area (Å²) in [5.41, 5.74) is 1.16. The van der Waals surface area contributed by atoms with Crippen LogP contribution in [0.3, 0.4) is 0 Å². The SMILES string of the molecule is Cc1ccccc1OCC1CCCN(C(=O)N2CCOCC2)C1. The van der Waals surface area contributed by atoms with Crippen molar-refractivity contribution in [3.05, 3.63) is 29.8 Å². The Morgan fingerprint density at radius 1 is 1.22 bits per heavy atom. The average Bonchev–Trinajstić information content (AvgIpc) is 2.61. The van der Waals surface area contributed by atoms with E-state index in [0.29, 0.717) is 38.8 Å². The number of benzene rings is 1. The fourth-order valence-corrected chi connectivity index (χ4v) is 3.26. The van der Waals surface area contributed by atoms with Crippen molar-refractivity contribution in [3.63, 3.8) is 0 Å². The van der Waals surface area contributed by atoms with Crippen molar-refractivity contribution in [1.29, 1.82) is 0 Å². The highest BCUT2D eigenvalue weighted by atomic mass is 16.5. The molecule has 2 saturated heterocycles. The van der Waals surface area contributed by atoms with Gasteiger partial charge in [-0.05, 0) is 31.4 Å². The van der Waals surface area contributed by atoms with E-state index < -0.39 is 0 Å². The molecule has 1 unspecified atom stereocenters. The molecule has 2 fully saturated rings. The van der Waals surface area contributed by atoms with Crippen LogP contribution >= 0.6 is 0 Å². The molecule has 1 atom stereocenters. The van der Waals surface area contributed by atoms with E-state index in [0.717, 1.165) is 37.2 Å².